The van der Waals surface area contributed by atoms with Crippen LogP contribution in [0.2, 0.25) is 0 Å². The molecule has 1 amide bonds. The molecule has 0 saturated heterocycles. The second-order valence-corrected chi connectivity index (χ2v) is 7.42. The molecule has 1 aromatic carbocycles. The number of carbonyl (C=O) groups excluding carboxylic acids is 1. The normalized spacial score (nSPS) is 13.8. The van der Waals surface area contributed by atoms with E-state index in [4.69, 9.17) is 14.2 Å². The molecule has 0 bridgehead atoms. The molecule has 0 atom stereocenters. The maximum atomic E-state index is 13.3. The molecule has 0 fully saturated rings. The van der Waals surface area contributed by atoms with E-state index in [1.54, 1.807) is 36.9 Å². The molecule has 168 valence electrons. The number of methoxy groups -OCH3 is 3. The Morgan fingerprint density at radius 2 is 1.84 bits per heavy atom. The zero-order valence-electron chi connectivity index (χ0n) is 18.6. The van der Waals surface area contributed by atoms with E-state index in [0.717, 1.165) is 16.8 Å². The van der Waals surface area contributed by atoms with Gasteiger partial charge < -0.3 is 19.1 Å². The molecular formula is C23H26N4O5. The molecule has 32 heavy (non-hydrogen) atoms. The summed E-state index contributed by atoms with van der Waals surface area (Å²) in [4.78, 5) is 31.0. The van der Waals surface area contributed by atoms with Gasteiger partial charge in [0.15, 0.2) is 5.65 Å². The summed E-state index contributed by atoms with van der Waals surface area (Å²) in [5.74, 6) is 1.85. The van der Waals surface area contributed by atoms with E-state index < -0.39 is 0 Å². The third-order valence-electron chi connectivity index (χ3n) is 5.72. The summed E-state index contributed by atoms with van der Waals surface area (Å²) in [7, 11) is 4.81. The minimum atomic E-state index is -0.246. The number of nitrogens with one attached hydrogen (secondary N) is 1. The van der Waals surface area contributed by atoms with Crippen LogP contribution < -0.4 is 19.8 Å². The van der Waals surface area contributed by atoms with Crippen LogP contribution in [-0.2, 0) is 6.42 Å². The van der Waals surface area contributed by atoms with Gasteiger partial charge in [-0.25, -0.2) is 9.50 Å². The summed E-state index contributed by atoms with van der Waals surface area (Å²) in [5.41, 5.74) is 3.39. The number of aryl methyl sites for hydroxylation is 1. The summed E-state index contributed by atoms with van der Waals surface area (Å²) in [6.45, 7) is 2.92. The molecule has 1 aliphatic rings. The van der Waals surface area contributed by atoms with E-state index in [1.807, 2.05) is 25.1 Å². The number of hydrogen-bond donors (Lipinski definition) is 1. The van der Waals surface area contributed by atoms with Crippen molar-refractivity contribution in [2.75, 3.05) is 34.4 Å². The molecule has 0 saturated carbocycles. The Labute approximate surface area is 185 Å². The Bertz CT molecular complexity index is 1230. The van der Waals surface area contributed by atoms with Gasteiger partial charge in [-0.05, 0) is 18.4 Å². The summed E-state index contributed by atoms with van der Waals surface area (Å²) < 4.78 is 18.1. The van der Waals surface area contributed by atoms with Gasteiger partial charge in [-0.1, -0.05) is 13.0 Å². The van der Waals surface area contributed by atoms with Crippen molar-refractivity contribution < 1.29 is 19.0 Å². The number of carbonyl (C=O) groups is 1. The van der Waals surface area contributed by atoms with Crippen LogP contribution in [0.3, 0.4) is 0 Å². The molecular weight excluding hydrogens is 412 g/mol. The van der Waals surface area contributed by atoms with Crippen LogP contribution in [-0.4, -0.2) is 59.8 Å². The van der Waals surface area contributed by atoms with E-state index in [0.29, 0.717) is 54.4 Å². The first-order valence-corrected chi connectivity index (χ1v) is 10.4. The fourth-order valence-corrected chi connectivity index (χ4v) is 4.11. The second-order valence-electron chi connectivity index (χ2n) is 7.42. The molecule has 9 heteroatoms. The van der Waals surface area contributed by atoms with Crippen LogP contribution >= 0.6 is 0 Å². The Balaban J connectivity index is 1.64. The van der Waals surface area contributed by atoms with Gasteiger partial charge in [-0.15, -0.1) is 0 Å². The molecule has 3 heterocycles. The fraction of sp³-hybridized carbons (Fsp3) is 0.348. The summed E-state index contributed by atoms with van der Waals surface area (Å²) in [6, 6.07) is 5.06. The number of hydrogen-bond acceptors (Lipinski definition) is 6. The number of rotatable bonds is 6. The molecule has 3 aromatic rings. The van der Waals surface area contributed by atoms with Crippen molar-refractivity contribution in [3.05, 3.63) is 57.6 Å². The smallest absolute Gasteiger partial charge is 0.266 e. The van der Waals surface area contributed by atoms with Crippen molar-refractivity contribution in [2.24, 2.45) is 0 Å². The Kier molecular flexibility index (Phi) is 5.89. The third kappa shape index (κ3) is 3.70. The monoisotopic (exact) mass is 438 g/mol. The van der Waals surface area contributed by atoms with Gasteiger partial charge in [0.1, 0.15) is 17.2 Å². The highest BCUT2D eigenvalue weighted by atomic mass is 16.5. The first-order valence-electron chi connectivity index (χ1n) is 10.4. The highest BCUT2D eigenvalue weighted by Crippen LogP contribution is 2.41. The first kappa shape index (κ1) is 21.5. The highest BCUT2D eigenvalue weighted by molar-refractivity contribution is 5.96. The number of amides is 1. The van der Waals surface area contributed by atoms with E-state index in [1.165, 1.54) is 6.07 Å². The number of benzene rings is 1. The zero-order chi connectivity index (χ0) is 22.8. The average Bonchev–Trinajstić information content (AvgIpc) is 3.22. The molecule has 0 aliphatic carbocycles. The predicted molar refractivity (Wildman–Crippen MR) is 120 cm³/mol. The topological polar surface area (TPSA) is 98.2 Å². The lowest BCUT2D eigenvalue weighted by Gasteiger charge is -2.28. The largest absolute Gasteiger partial charge is 0.496 e. The maximum Gasteiger partial charge on any atom is 0.266 e. The van der Waals surface area contributed by atoms with Gasteiger partial charge in [-0.2, -0.15) is 0 Å². The summed E-state index contributed by atoms with van der Waals surface area (Å²) >= 11 is 0. The molecule has 1 aliphatic heterocycles. The van der Waals surface area contributed by atoms with Crippen molar-refractivity contribution in [3.8, 4) is 17.2 Å². The van der Waals surface area contributed by atoms with Gasteiger partial charge in [-0.3, -0.25) is 14.7 Å². The van der Waals surface area contributed by atoms with Crippen molar-refractivity contribution in [2.45, 2.75) is 19.8 Å². The SMILES string of the molecule is CCc1c(C(=O)N2CC=C(c3c(OC)cc(OC)cc3OC)CC2)cnc2cc(=O)[nH]n12. The lowest BCUT2D eigenvalue weighted by Crippen LogP contribution is -2.35. The minimum Gasteiger partial charge on any atom is -0.496 e. The molecule has 4 rings (SSSR count). The van der Waals surface area contributed by atoms with Gasteiger partial charge in [0.2, 0.25) is 0 Å². The predicted octanol–water partition coefficient (Wildman–Crippen LogP) is 2.54. The molecule has 9 nitrogen and oxygen atoms in total. The van der Waals surface area contributed by atoms with Crippen LogP contribution in [0.15, 0.2) is 35.3 Å². The Morgan fingerprint density at radius 1 is 1.12 bits per heavy atom. The quantitative estimate of drug-likeness (QED) is 0.635. The van der Waals surface area contributed by atoms with Gasteiger partial charge in [0.25, 0.3) is 11.5 Å². The van der Waals surface area contributed by atoms with Crippen LogP contribution in [0, 0.1) is 0 Å². The fourth-order valence-electron chi connectivity index (χ4n) is 4.11. The second kappa shape index (κ2) is 8.78. The molecule has 0 unspecified atom stereocenters. The van der Waals surface area contributed by atoms with Crippen LogP contribution in [0.5, 0.6) is 17.2 Å². The number of aromatic amines is 1. The molecule has 1 N–H and O–H groups in total. The molecule has 0 radical (unpaired) electrons. The number of ether oxygens (including phenoxy) is 3. The van der Waals surface area contributed by atoms with Crippen LogP contribution in [0.4, 0.5) is 0 Å². The molecule has 2 aromatic heterocycles. The number of aromatic nitrogens is 3. The maximum absolute atomic E-state index is 13.3. The average molecular weight is 438 g/mol. The minimum absolute atomic E-state index is 0.116. The van der Waals surface area contributed by atoms with Crippen LogP contribution in [0.1, 0.15) is 35.0 Å². The van der Waals surface area contributed by atoms with Gasteiger partial charge >= 0.3 is 0 Å². The van der Waals surface area contributed by atoms with Crippen molar-refractivity contribution >= 4 is 17.1 Å². The van der Waals surface area contributed by atoms with E-state index in [9.17, 15) is 9.59 Å². The molecule has 0 spiro atoms. The number of fused-ring (bicyclic) bond motifs is 1. The summed E-state index contributed by atoms with van der Waals surface area (Å²) in [5, 5.41) is 2.72. The van der Waals surface area contributed by atoms with E-state index in [-0.39, 0.29) is 11.5 Å². The number of H-pyrrole nitrogens is 1. The van der Waals surface area contributed by atoms with Crippen molar-refractivity contribution in [3.63, 3.8) is 0 Å². The lowest BCUT2D eigenvalue weighted by atomic mass is 9.96. The highest BCUT2D eigenvalue weighted by Gasteiger charge is 2.25. The van der Waals surface area contributed by atoms with Gasteiger partial charge in [0.05, 0.1) is 38.2 Å². The zero-order valence-corrected chi connectivity index (χ0v) is 18.6. The van der Waals surface area contributed by atoms with Crippen molar-refractivity contribution in [1.82, 2.24) is 19.5 Å². The standard InChI is InChI=1S/C23H26N4O5/c1-5-17-16(13-24-20-12-21(28)25-27(17)20)23(29)26-8-6-14(7-9-26)22-18(31-3)10-15(30-2)11-19(22)32-4/h6,10-13H,5,7-9H2,1-4H3,(H,25,28). The Hall–Kier alpha value is -3.75. The van der Waals surface area contributed by atoms with Crippen molar-refractivity contribution in [1.29, 1.82) is 0 Å². The number of nitrogens with zero attached hydrogens (tertiary/aromatic N) is 3. The van der Waals surface area contributed by atoms with E-state index >= 15 is 0 Å². The summed E-state index contributed by atoms with van der Waals surface area (Å²) in [6.07, 6.45) is 4.80. The Morgan fingerprint density at radius 3 is 2.41 bits per heavy atom. The van der Waals surface area contributed by atoms with Crippen LogP contribution in [0.25, 0.3) is 11.2 Å². The van der Waals surface area contributed by atoms with E-state index in [2.05, 4.69) is 10.1 Å². The lowest BCUT2D eigenvalue weighted by molar-refractivity contribution is 0.0770. The third-order valence-corrected chi connectivity index (χ3v) is 5.72. The first-order chi connectivity index (χ1) is 15.5. The van der Waals surface area contributed by atoms with Gasteiger partial charge in [0, 0.05) is 37.5 Å².